The van der Waals surface area contributed by atoms with Crippen LogP contribution in [0.3, 0.4) is 0 Å². The van der Waals surface area contributed by atoms with E-state index in [0.29, 0.717) is 11.5 Å². The Morgan fingerprint density at radius 1 is 1.16 bits per heavy atom. The van der Waals surface area contributed by atoms with Crippen molar-refractivity contribution in [3.63, 3.8) is 0 Å². The minimum absolute atomic E-state index is 0.483. The molecule has 2 fully saturated rings. The Hall–Kier alpha value is -0.820. The number of rotatable bonds is 5. The molecule has 0 spiro atoms. The van der Waals surface area contributed by atoms with E-state index < -0.39 is 0 Å². The van der Waals surface area contributed by atoms with Gasteiger partial charge in [-0.05, 0) is 81.4 Å². The Morgan fingerprint density at radius 2 is 1.74 bits per heavy atom. The number of hydrogen-bond acceptors (Lipinski definition) is 1. The lowest BCUT2D eigenvalue weighted by atomic mass is 9.93. The molecule has 0 radical (unpaired) electrons. The van der Waals surface area contributed by atoms with Gasteiger partial charge in [0.2, 0.25) is 0 Å². The Morgan fingerprint density at radius 3 is 2.21 bits per heavy atom. The van der Waals surface area contributed by atoms with Crippen LogP contribution < -0.4 is 5.32 Å². The van der Waals surface area contributed by atoms with Gasteiger partial charge in [0.05, 0.1) is 0 Å². The Kier molecular flexibility index (Phi) is 3.21. The van der Waals surface area contributed by atoms with E-state index in [9.17, 15) is 0 Å². The third-order valence-electron chi connectivity index (χ3n) is 5.27. The summed E-state index contributed by atoms with van der Waals surface area (Å²) >= 11 is 0. The van der Waals surface area contributed by atoms with Crippen LogP contribution in [-0.2, 0) is 0 Å². The van der Waals surface area contributed by atoms with Gasteiger partial charge in [-0.25, -0.2) is 0 Å². The average molecular weight is 257 g/mol. The van der Waals surface area contributed by atoms with Gasteiger partial charge in [-0.15, -0.1) is 0 Å². The highest BCUT2D eigenvalue weighted by molar-refractivity contribution is 5.39. The van der Waals surface area contributed by atoms with E-state index in [-0.39, 0.29) is 0 Å². The van der Waals surface area contributed by atoms with Crippen LogP contribution in [-0.4, -0.2) is 6.54 Å². The number of benzene rings is 1. The van der Waals surface area contributed by atoms with Gasteiger partial charge in [0, 0.05) is 12.6 Å². The summed E-state index contributed by atoms with van der Waals surface area (Å²) in [5.41, 5.74) is 6.46. The van der Waals surface area contributed by atoms with Gasteiger partial charge >= 0.3 is 0 Å². The molecule has 1 aromatic carbocycles. The topological polar surface area (TPSA) is 12.0 Å². The van der Waals surface area contributed by atoms with Gasteiger partial charge in [-0.1, -0.05) is 17.7 Å². The van der Waals surface area contributed by atoms with Crippen LogP contribution in [0.1, 0.15) is 60.9 Å². The predicted molar refractivity (Wildman–Crippen MR) is 81.5 cm³/mol. The first-order chi connectivity index (χ1) is 9.02. The summed E-state index contributed by atoms with van der Waals surface area (Å²) < 4.78 is 0. The quantitative estimate of drug-likeness (QED) is 0.821. The molecule has 1 N–H and O–H groups in total. The Bertz CT molecular complexity index is 457. The molecule has 3 rings (SSSR count). The molecular weight excluding hydrogens is 230 g/mol. The van der Waals surface area contributed by atoms with Crippen LogP contribution in [0.5, 0.6) is 0 Å². The maximum Gasteiger partial charge on any atom is 0.0297 e. The molecule has 0 amide bonds. The molecule has 1 heteroatoms. The fourth-order valence-corrected chi connectivity index (χ4v) is 3.92. The van der Waals surface area contributed by atoms with Crippen LogP contribution in [0, 0.1) is 32.1 Å². The summed E-state index contributed by atoms with van der Waals surface area (Å²) in [7, 11) is 0. The molecule has 0 aliphatic heterocycles. The van der Waals surface area contributed by atoms with Gasteiger partial charge in [-0.3, -0.25) is 0 Å². The third-order valence-corrected chi connectivity index (χ3v) is 5.27. The van der Waals surface area contributed by atoms with Gasteiger partial charge < -0.3 is 5.32 Å². The molecule has 0 saturated heterocycles. The summed E-state index contributed by atoms with van der Waals surface area (Å²) in [5.74, 6) is 1.05. The van der Waals surface area contributed by atoms with Crippen molar-refractivity contribution in [1.82, 2.24) is 5.32 Å². The number of nitrogens with one attached hydrogen (secondary N) is 1. The normalized spacial score (nSPS) is 22.3. The summed E-state index contributed by atoms with van der Waals surface area (Å²) in [6, 6.07) is 5.11. The highest BCUT2D eigenvalue weighted by atomic mass is 14.9. The lowest BCUT2D eigenvalue weighted by molar-refractivity contribution is 0.381. The van der Waals surface area contributed by atoms with Crippen molar-refractivity contribution in [2.24, 2.45) is 11.3 Å². The lowest BCUT2D eigenvalue weighted by Gasteiger charge is -2.23. The van der Waals surface area contributed by atoms with Crippen molar-refractivity contribution in [2.75, 3.05) is 6.54 Å². The second-order valence-corrected chi connectivity index (χ2v) is 7.05. The van der Waals surface area contributed by atoms with Crippen LogP contribution in [0.2, 0.25) is 0 Å². The first-order valence-corrected chi connectivity index (χ1v) is 7.83. The maximum atomic E-state index is 3.82. The molecule has 1 aromatic rings. The number of hydrogen-bond donors (Lipinski definition) is 1. The second kappa shape index (κ2) is 4.63. The fraction of sp³-hybridized carbons (Fsp3) is 0.667. The van der Waals surface area contributed by atoms with E-state index in [0.717, 1.165) is 5.92 Å². The molecule has 0 heterocycles. The van der Waals surface area contributed by atoms with Gasteiger partial charge in [0.25, 0.3) is 0 Å². The van der Waals surface area contributed by atoms with E-state index in [4.69, 9.17) is 0 Å². The molecule has 1 atom stereocenters. The summed E-state index contributed by atoms with van der Waals surface area (Å²) in [6.07, 6.45) is 5.89. The van der Waals surface area contributed by atoms with Crippen molar-refractivity contribution in [3.8, 4) is 0 Å². The van der Waals surface area contributed by atoms with Crippen molar-refractivity contribution in [2.45, 2.75) is 59.4 Å². The van der Waals surface area contributed by atoms with E-state index >= 15 is 0 Å². The highest BCUT2D eigenvalue weighted by Gasteiger charge is 2.53. The van der Waals surface area contributed by atoms with Crippen LogP contribution >= 0.6 is 0 Å². The molecule has 19 heavy (non-hydrogen) atoms. The average Bonchev–Trinajstić information content (AvgIpc) is 3.17. The molecule has 2 saturated carbocycles. The second-order valence-electron chi connectivity index (χ2n) is 7.05. The smallest absolute Gasteiger partial charge is 0.0297 e. The highest BCUT2D eigenvalue weighted by Crippen LogP contribution is 2.61. The van der Waals surface area contributed by atoms with Crippen LogP contribution in [0.4, 0.5) is 0 Å². The molecule has 0 aromatic heterocycles. The van der Waals surface area contributed by atoms with Gasteiger partial charge in [0.15, 0.2) is 0 Å². The monoisotopic (exact) mass is 257 g/mol. The minimum Gasteiger partial charge on any atom is -0.310 e. The summed E-state index contributed by atoms with van der Waals surface area (Å²) in [6.45, 7) is 10.2. The lowest BCUT2D eigenvalue weighted by Crippen LogP contribution is -2.28. The third kappa shape index (κ3) is 2.58. The van der Waals surface area contributed by atoms with Crippen molar-refractivity contribution in [3.05, 3.63) is 34.4 Å². The van der Waals surface area contributed by atoms with Crippen molar-refractivity contribution in [1.29, 1.82) is 0 Å². The van der Waals surface area contributed by atoms with E-state index in [1.165, 1.54) is 54.5 Å². The Labute approximate surface area is 117 Å². The first-order valence-electron chi connectivity index (χ1n) is 7.83. The fourth-order valence-electron chi connectivity index (χ4n) is 3.92. The summed E-state index contributed by atoms with van der Waals surface area (Å²) in [4.78, 5) is 0. The van der Waals surface area contributed by atoms with Crippen LogP contribution in [0.25, 0.3) is 0 Å². The van der Waals surface area contributed by atoms with Gasteiger partial charge in [-0.2, -0.15) is 0 Å². The zero-order valence-corrected chi connectivity index (χ0v) is 12.8. The molecule has 2 aliphatic carbocycles. The SMILES string of the molecule is Cc1cc(C)c(C(C)NCC2(C3CC3)CC2)c(C)c1. The van der Waals surface area contributed by atoms with E-state index in [1.54, 1.807) is 0 Å². The molecular formula is C18H27N. The first kappa shape index (κ1) is 13.2. The van der Waals surface area contributed by atoms with E-state index in [1.807, 2.05) is 0 Å². The molecule has 0 bridgehead atoms. The zero-order chi connectivity index (χ0) is 13.6. The molecule has 1 nitrogen and oxygen atoms in total. The number of aryl methyl sites for hydroxylation is 3. The van der Waals surface area contributed by atoms with Crippen molar-refractivity contribution >= 4 is 0 Å². The van der Waals surface area contributed by atoms with E-state index in [2.05, 4.69) is 45.1 Å². The van der Waals surface area contributed by atoms with Crippen molar-refractivity contribution < 1.29 is 0 Å². The molecule has 104 valence electrons. The van der Waals surface area contributed by atoms with Gasteiger partial charge in [0.1, 0.15) is 0 Å². The maximum absolute atomic E-state index is 3.82. The molecule has 2 aliphatic rings. The Balaban J connectivity index is 1.68. The summed E-state index contributed by atoms with van der Waals surface area (Å²) in [5, 5.41) is 3.82. The van der Waals surface area contributed by atoms with Crippen LogP contribution in [0.15, 0.2) is 12.1 Å². The largest absolute Gasteiger partial charge is 0.310 e. The predicted octanol–water partition coefficient (Wildman–Crippen LogP) is 4.45. The molecule has 1 unspecified atom stereocenters. The minimum atomic E-state index is 0.483. The standard InChI is InChI=1S/C18H27N/c1-12-9-13(2)17(14(3)10-12)15(4)19-11-18(7-8-18)16-5-6-16/h9-10,15-16,19H,5-8,11H2,1-4H3. The zero-order valence-electron chi connectivity index (χ0n) is 12.8.